The van der Waals surface area contributed by atoms with E-state index in [-0.39, 0.29) is 5.97 Å². The molecule has 0 aromatic heterocycles. The van der Waals surface area contributed by atoms with Gasteiger partial charge in [-0.3, -0.25) is 0 Å². The highest BCUT2D eigenvalue weighted by molar-refractivity contribution is 5.87. The molecule has 0 saturated carbocycles. The molecule has 0 bridgehead atoms. The number of hydrogen-bond acceptors (Lipinski definition) is 3. The predicted molar refractivity (Wildman–Crippen MR) is 73.5 cm³/mol. The monoisotopic (exact) mass is 247 g/mol. The van der Waals surface area contributed by atoms with Gasteiger partial charge in [0.1, 0.15) is 0 Å². The first kappa shape index (κ1) is 14.5. The van der Waals surface area contributed by atoms with Crippen LogP contribution in [0.2, 0.25) is 0 Å². The van der Waals surface area contributed by atoms with Gasteiger partial charge in [-0.25, -0.2) is 4.79 Å². The summed E-state index contributed by atoms with van der Waals surface area (Å²) in [4.78, 5) is 11.1. The van der Waals surface area contributed by atoms with Gasteiger partial charge in [0, 0.05) is 12.1 Å². The smallest absolute Gasteiger partial charge is 0.333 e. The number of nitrogens with one attached hydrogen (secondary N) is 1. The van der Waals surface area contributed by atoms with Gasteiger partial charge in [-0.2, -0.15) is 0 Å². The molecule has 0 aliphatic carbocycles. The van der Waals surface area contributed by atoms with Crippen LogP contribution < -0.4 is 5.32 Å². The first-order chi connectivity index (χ1) is 8.65. The zero-order chi connectivity index (χ0) is 13.4. The van der Waals surface area contributed by atoms with E-state index in [4.69, 9.17) is 0 Å². The van der Waals surface area contributed by atoms with Crippen LogP contribution in [0.5, 0.6) is 0 Å². The molecule has 0 fully saturated rings. The maximum absolute atomic E-state index is 11.1. The van der Waals surface area contributed by atoms with Crippen molar-refractivity contribution >= 4 is 5.97 Å². The van der Waals surface area contributed by atoms with Crippen molar-refractivity contribution < 1.29 is 9.53 Å². The Hall–Kier alpha value is -1.61. The van der Waals surface area contributed by atoms with Crippen LogP contribution in [0.1, 0.15) is 18.1 Å². The highest BCUT2D eigenvalue weighted by Gasteiger charge is 2.01. The highest BCUT2D eigenvalue weighted by Crippen LogP contribution is 2.06. The van der Waals surface area contributed by atoms with Gasteiger partial charge in [0.05, 0.1) is 7.11 Å². The molecule has 0 aliphatic heterocycles. The van der Waals surface area contributed by atoms with Crippen molar-refractivity contribution in [3.8, 4) is 0 Å². The zero-order valence-electron chi connectivity index (χ0n) is 11.3. The van der Waals surface area contributed by atoms with Crippen LogP contribution >= 0.6 is 0 Å². The van der Waals surface area contributed by atoms with Crippen molar-refractivity contribution in [2.75, 3.05) is 20.2 Å². The third kappa shape index (κ3) is 4.72. The van der Waals surface area contributed by atoms with E-state index in [1.807, 2.05) is 6.08 Å². The molecule has 1 aromatic rings. The third-order valence-corrected chi connectivity index (χ3v) is 2.89. The Morgan fingerprint density at radius 2 is 2.11 bits per heavy atom. The Balaban J connectivity index is 2.28. The Morgan fingerprint density at radius 3 is 2.78 bits per heavy atom. The van der Waals surface area contributed by atoms with Gasteiger partial charge in [-0.05, 0) is 37.9 Å². The largest absolute Gasteiger partial charge is 0.466 e. The molecule has 0 spiro atoms. The Bertz CT molecular complexity index is 424. The average molecular weight is 247 g/mol. The van der Waals surface area contributed by atoms with Gasteiger partial charge >= 0.3 is 5.97 Å². The Morgan fingerprint density at radius 1 is 1.39 bits per heavy atom. The van der Waals surface area contributed by atoms with E-state index in [2.05, 4.69) is 41.2 Å². The summed E-state index contributed by atoms with van der Waals surface area (Å²) in [6, 6.07) is 8.38. The van der Waals surface area contributed by atoms with Gasteiger partial charge in [0.25, 0.3) is 0 Å². The number of methoxy groups -OCH3 is 1. The summed E-state index contributed by atoms with van der Waals surface area (Å²) in [5.74, 6) is -0.268. The van der Waals surface area contributed by atoms with Crippen molar-refractivity contribution in [3.05, 3.63) is 47.0 Å². The molecule has 0 atom stereocenters. The molecule has 0 saturated heterocycles. The minimum absolute atomic E-state index is 0.268. The van der Waals surface area contributed by atoms with E-state index in [0.29, 0.717) is 12.1 Å². The topological polar surface area (TPSA) is 38.3 Å². The molecule has 1 rings (SSSR count). The number of benzene rings is 1. The summed E-state index contributed by atoms with van der Waals surface area (Å²) in [5.41, 5.74) is 3.32. The van der Waals surface area contributed by atoms with Crippen molar-refractivity contribution in [2.24, 2.45) is 0 Å². The molecule has 3 heteroatoms. The number of carbonyl (C=O) groups excluding carboxylic acids is 1. The van der Waals surface area contributed by atoms with Crippen LogP contribution in [0.15, 0.2) is 35.9 Å². The second-order valence-electron chi connectivity index (χ2n) is 4.26. The van der Waals surface area contributed by atoms with Gasteiger partial charge in [-0.15, -0.1) is 0 Å². The van der Waals surface area contributed by atoms with E-state index in [0.717, 1.165) is 13.0 Å². The van der Waals surface area contributed by atoms with Crippen molar-refractivity contribution in [1.82, 2.24) is 5.32 Å². The lowest BCUT2D eigenvalue weighted by Crippen LogP contribution is -2.18. The van der Waals surface area contributed by atoms with Gasteiger partial charge in [-0.1, -0.05) is 30.3 Å². The first-order valence-corrected chi connectivity index (χ1v) is 6.15. The molecule has 0 aliphatic rings. The molecule has 1 N–H and O–H groups in total. The lowest BCUT2D eigenvalue weighted by molar-refractivity contribution is -0.136. The van der Waals surface area contributed by atoms with Crippen molar-refractivity contribution in [2.45, 2.75) is 20.3 Å². The van der Waals surface area contributed by atoms with E-state index in [1.54, 1.807) is 6.92 Å². The standard InChI is InChI=1S/C15H21NO2/c1-12-6-4-5-7-14(12)9-11-16-10-8-13(2)15(17)18-3/h4-8,16H,9-11H2,1-3H3/b13-8+. The minimum Gasteiger partial charge on any atom is -0.466 e. The van der Waals surface area contributed by atoms with Crippen LogP contribution in [0, 0.1) is 6.92 Å². The van der Waals surface area contributed by atoms with Crippen LogP contribution in [0.25, 0.3) is 0 Å². The van der Waals surface area contributed by atoms with Crippen molar-refractivity contribution in [3.63, 3.8) is 0 Å². The maximum atomic E-state index is 11.1. The SMILES string of the molecule is COC(=O)/C(C)=C/CNCCc1ccccc1C. The van der Waals surface area contributed by atoms with E-state index in [9.17, 15) is 4.79 Å². The molecule has 98 valence electrons. The average Bonchev–Trinajstić information content (AvgIpc) is 2.39. The zero-order valence-corrected chi connectivity index (χ0v) is 11.3. The Kier molecular flexibility index (Phi) is 6.15. The maximum Gasteiger partial charge on any atom is 0.333 e. The molecule has 3 nitrogen and oxygen atoms in total. The van der Waals surface area contributed by atoms with Crippen LogP contribution in [0.4, 0.5) is 0 Å². The Labute approximate surface area is 109 Å². The summed E-state index contributed by atoms with van der Waals surface area (Å²) >= 11 is 0. The summed E-state index contributed by atoms with van der Waals surface area (Å²) < 4.78 is 4.62. The van der Waals surface area contributed by atoms with Crippen LogP contribution in [-0.4, -0.2) is 26.2 Å². The fourth-order valence-corrected chi connectivity index (χ4v) is 1.69. The third-order valence-electron chi connectivity index (χ3n) is 2.89. The summed E-state index contributed by atoms with van der Waals surface area (Å²) in [7, 11) is 1.39. The lowest BCUT2D eigenvalue weighted by Gasteiger charge is -2.06. The molecular weight excluding hydrogens is 226 g/mol. The number of aryl methyl sites for hydroxylation is 1. The van der Waals surface area contributed by atoms with Gasteiger partial charge < -0.3 is 10.1 Å². The number of rotatable bonds is 6. The van der Waals surface area contributed by atoms with E-state index < -0.39 is 0 Å². The highest BCUT2D eigenvalue weighted by atomic mass is 16.5. The second kappa shape index (κ2) is 7.67. The normalized spacial score (nSPS) is 11.4. The van der Waals surface area contributed by atoms with Crippen LogP contribution in [-0.2, 0) is 16.0 Å². The number of esters is 1. The molecule has 0 radical (unpaired) electrons. The molecule has 18 heavy (non-hydrogen) atoms. The van der Waals surface area contributed by atoms with Gasteiger partial charge in [0.2, 0.25) is 0 Å². The number of ether oxygens (including phenoxy) is 1. The molecular formula is C15H21NO2. The second-order valence-corrected chi connectivity index (χ2v) is 4.26. The van der Waals surface area contributed by atoms with Crippen molar-refractivity contribution in [1.29, 1.82) is 0 Å². The predicted octanol–water partition coefficient (Wildman–Crippen LogP) is 2.25. The molecule has 0 amide bonds. The lowest BCUT2D eigenvalue weighted by atomic mass is 10.1. The summed E-state index contributed by atoms with van der Waals surface area (Å²) in [6.07, 6.45) is 2.85. The summed E-state index contributed by atoms with van der Waals surface area (Å²) in [6.45, 7) is 5.47. The summed E-state index contributed by atoms with van der Waals surface area (Å²) in [5, 5.41) is 3.29. The minimum atomic E-state index is -0.268. The van der Waals surface area contributed by atoms with E-state index in [1.165, 1.54) is 18.2 Å². The fourth-order valence-electron chi connectivity index (χ4n) is 1.69. The first-order valence-electron chi connectivity index (χ1n) is 6.15. The number of hydrogen-bond donors (Lipinski definition) is 1. The quantitative estimate of drug-likeness (QED) is 0.476. The van der Waals surface area contributed by atoms with Gasteiger partial charge in [0.15, 0.2) is 0 Å². The fraction of sp³-hybridized carbons (Fsp3) is 0.400. The molecule has 0 heterocycles. The molecule has 1 aromatic carbocycles. The number of carbonyl (C=O) groups is 1. The molecule has 0 unspecified atom stereocenters. The van der Waals surface area contributed by atoms with Crippen LogP contribution in [0.3, 0.4) is 0 Å². The van der Waals surface area contributed by atoms with E-state index >= 15 is 0 Å².